The van der Waals surface area contributed by atoms with Gasteiger partial charge in [0.25, 0.3) is 0 Å². The van der Waals surface area contributed by atoms with Crippen molar-refractivity contribution in [2.45, 2.75) is 165 Å². The first-order valence-electron chi connectivity index (χ1n) is 17.0. The van der Waals surface area contributed by atoms with Gasteiger partial charge in [-0.05, 0) is 45.4 Å². The minimum absolute atomic E-state index is 0.236. The summed E-state index contributed by atoms with van der Waals surface area (Å²) in [6, 6.07) is 0. The fraction of sp³-hybridized carbons (Fsp3) is 0.848. The average molecular weight is 693 g/mol. The molecule has 6 N–H and O–H groups in total. The summed E-state index contributed by atoms with van der Waals surface area (Å²) in [7, 11) is 0. The number of aliphatic carboxylic acids is 1. The third kappa shape index (κ3) is 15.1. The third-order valence-corrected chi connectivity index (χ3v) is 8.28. The SMILES string of the molecule is CC(=O)OC[C@H]1O[C@@H](O[C@H]2[C@H](O[C@@H](C)CCCCC/C=C/CCCCCCCC(=O)O)O[C@H](COC(C)=O)[C@@H](O)[C@@H]2O)[C@H](O)[C@@H](O)[C@@H]1O. The number of unbranched alkanes of at least 4 members (excludes halogenated alkanes) is 8. The molecule has 278 valence electrons. The van der Waals surface area contributed by atoms with Crippen LogP contribution in [0.1, 0.15) is 97.8 Å². The topological polar surface area (TPSA) is 228 Å². The average Bonchev–Trinajstić information content (AvgIpc) is 3.03. The largest absolute Gasteiger partial charge is 0.481 e. The van der Waals surface area contributed by atoms with Crippen LogP contribution in [0.3, 0.4) is 0 Å². The molecule has 2 rings (SSSR count). The standard InChI is InChI=1S/C33H56O15/c1-20(16-14-12-10-8-6-4-5-7-9-11-13-15-17-25(36)37)45-33-31(29(41)27(39)24(47-33)19-44-22(3)35)48-32-30(42)28(40)26(38)23(46-32)18-43-21(2)34/h4,6,20,23-24,26-33,38-42H,5,7-19H2,1-3H3,(H,36,37)/b6-4+/t20-,23+,24+,26+,27+,28-,29-,30+,31+,32-,33+/m0/s1. The molecule has 0 aliphatic carbocycles. The van der Waals surface area contributed by atoms with Gasteiger partial charge in [0.05, 0.1) is 6.10 Å². The van der Waals surface area contributed by atoms with Crippen LogP contribution < -0.4 is 0 Å². The van der Waals surface area contributed by atoms with E-state index in [1.165, 1.54) is 6.92 Å². The number of esters is 2. The van der Waals surface area contributed by atoms with Gasteiger partial charge in [-0.3, -0.25) is 14.4 Å². The van der Waals surface area contributed by atoms with Gasteiger partial charge in [-0.25, -0.2) is 0 Å². The summed E-state index contributed by atoms with van der Waals surface area (Å²) in [5.74, 6) is -2.01. The van der Waals surface area contributed by atoms with Gasteiger partial charge in [0.1, 0.15) is 62.0 Å². The van der Waals surface area contributed by atoms with Gasteiger partial charge in [0.2, 0.25) is 0 Å². The Balaban J connectivity index is 1.88. The lowest BCUT2D eigenvalue weighted by Gasteiger charge is -2.46. The molecule has 0 radical (unpaired) electrons. The van der Waals surface area contributed by atoms with E-state index in [-0.39, 0.29) is 13.0 Å². The van der Waals surface area contributed by atoms with Gasteiger partial charge < -0.3 is 59.1 Å². The molecule has 0 aromatic rings. The van der Waals surface area contributed by atoms with Crippen molar-refractivity contribution in [1.82, 2.24) is 0 Å². The van der Waals surface area contributed by atoms with Crippen molar-refractivity contribution in [3.63, 3.8) is 0 Å². The molecule has 15 heteroatoms. The van der Waals surface area contributed by atoms with Gasteiger partial charge >= 0.3 is 17.9 Å². The second-order valence-electron chi connectivity index (χ2n) is 12.5. The lowest BCUT2D eigenvalue weighted by Crippen LogP contribution is -2.65. The quantitative estimate of drug-likeness (QED) is 0.0536. The molecule has 2 heterocycles. The maximum Gasteiger partial charge on any atom is 0.303 e. The van der Waals surface area contributed by atoms with Crippen molar-refractivity contribution < 1.29 is 73.4 Å². The summed E-state index contributed by atoms with van der Waals surface area (Å²) in [5, 5.41) is 61.7. The van der Waals surface area contributed by atoms with Crippen LogP contribution in [-0.2, 0) is 42.8 Å². The van der Waals surface area contributed by atoms with Crippen LogP contribution in [0.25, 0.3) is 0 Å². The molecule has 2 aliphatic rings. The van der Waals surface area contributed by atoms with E-state index in [1.54, 1.807) is 0 Å². The van der Waals surface area contributed by atoms with Crippen molar-refractivity contribution in [2.24, 2.45) is 0 Å². The number of hydrogen-bond donors (Lipinski definition) is 6. The van der Waals surface area contributed by atoms with Crippen LogP contribution in [0.4, 0.5) is 0 Å². The van der Waals surface area contributed by atoms with Crippen molar-refractivity contribution in [3.05, 3.63) is 12.2 Å². The maximum atomic E-state index is 11.4. The van der Waals surface area contributed by atoms with Gasteiger partial charge in [-0.2, -0.15) is 0 Å². The first-order chi connectivity index (χ1) is 22.8. The van der Waals surface area contributed by atoms with Crippen LogP contribution in [0.15, 0.2) is 12.2 Å². The van der Waals surface area contributed by atoms with E-state index >= 15 is 0 Å². The van der Waals surface area contributed by atoms with Gasteiger partial charge in [-0.15, -0.1) is 0 Å². The monoisotopic (exact) mass is 692 g/mol. The number of aliphatic hydroxyl groups excluding tert-OH is 5. The van der Waals surface area contributed by atoms with Crippen LogP contribution in [0.5, 0.6) is 0 Å². The minimum Gasteiger partial charge on any atom is -0.481 e. The Labute approximate surface area is 282 Å². The van der Waals surface area contributed by atoms with Crippen molar-refractivity contribution in [1.29, 1.82) is 0 Å². The van der Waals surface area contributed by atoms with E-state index < -0.39 is 92.0 Å². The zero-order chi connectivity index (χ0) is 35.6. The molecule has 0 unspecified atom stereocenters. The number of carboxylic acid groups (broad SMARTS) is 1. The lowest BCUT2D eigenvalue weighted by molar-refractivity contribution is -0.371. The molecule has 0 bridgehead atoms. The smallest absolute Gasteiger partial charge is 0.303 e. The van der Waals surface area contributed by atoms with Crippen LogP contribution in [-0.4, -0.2) is 129 Å². The molecule has 0 amide bonds. The molecule has 2 fully saturated rings. The molecule has 2 aliphatic heterocycles. The van der Waals surface area contributed by atoms with Crippen molar-refractivity contribution in [2.75, 3.05) is 13.2 Å². The molecule has 0 saturated carbocycles. The Kier molecular flexibility index (Phi) is 19.7. The fourth-order valence-corrected chi connectivity index (χ4v) is 5.49. The van der Waals surface area contributed by atoms with E-state index in [0.29, 0.717) is 6.42 Å². The zero-order valence-electron chi connectivity index (χ0n) is 28.3. The Hall–Kier alpha value is -2.21. The van der Waals surface area contributed by atoms with E-state index in [2.05, 4.69) is 12.2 Å². The van der Waals surface area contributed by atoms with Crippen LogP contribution in [0, 0.1) is 0 Å². The second-order valence-corrected chi connectivity index (χ2v) is 12.5. The van der Waals surface area contributed by atoms with E-state index in [1.807, 2.05) is 6.92 Å². The Morgan fingerprint density at radius 2 is 1.17 bits per heavy atom. The number of aliphatic hydroxyl groups is 5. The number of carboxylic acids is 1. The van der Waals surface area contributed by atoms with E-state index in [9.17, 15) is 39.9 Å². The summed E-state index contributed by atoms with van der Waals surface area (Å²) < 4.78 is 33.2. The van der Waals surface area contributed by atoms with Crippen molar-refractivity contribution >= 4 is 17.9 Å². The number of carbonyl (C=O) groups is 3. The number of hydrogen-bond acceptors (Lipinski definition) is 14. The number of ether oxygens (including phenoxy) is 6. The van der Waals surface area contributed by atoms with Gasteiger partial charge in [-0.1, -0.05) is 44.3 Å². The third-order valence-electron chi connectivity index (χ3n) is 8.28. The number of allylic oxidation sites excluding steroid dienone is 2. The highest BCUT2D eigenvalue weighted by atomic mass is 16.8. The molecule has 15 nitrogen and oxygen atoms in total. The molecule has 48 heavy (non-hydrogen) atoms. The molecule has 11 atom stereocenters. The first kappa shape index (κ1) is 42.0. The first-order valence-corrected chi connectivity index (χ1v) is 17.0. The summed E-state index contributed by atoms with van der Waals surface area (Å²) >= 11 is 0. The second kappa shape index (κ2) is 22.5. The predicted octanol–water partition coefficient (Wildman–Crippen LogP) is 1.48. The lowest BCUT2D eigenvalue weighted by atomic mass is 9.97. The number of carbonyl (C=O) groups excluding carboxylic acids is 2. The highest BCUT2D eigenvalue weighted by Gasteiger charge is 2.51. The zero-order valence-corrected chi connectivity index (χ0v) is 28.3. The highest BCUT2D eigenvalue weighted by Crippen LogP contribution is 2.31. The Morgan fingerprint density at radius 3 is 1.73 bits per heavy atom. The molecular weight excluding hydrogens is 636 g/mol. The molecule has 0 aromatic heterocycles. The van der Waals surface area contributed by atoms with Crippen molar-refractivity contribution in [3.8, 4) is 0 Å². The van der Waals surface area contributed by atoms with Crippen LogP contribution >= 0.6 is 0 Å². The summed E-state index contributed by atoms with van der Waals surface area (Å²) in [4.78, 5) is 33.2. The van der Waals surface area contributed by atoms with Crippen LogP contribution in [0.2, 0.25) is 0 Å². The van der Waals surface area contributed by atoms with Gasteiger partial charge in [0.15, 0.2) is 12.6 Å². The van der Waals surface area contributed by atoms with Gasteiger partial charge in [0, 0.05) is 20.3 Å². The fourth-order valence-electron chi connectivity index (χ4n) is 5.49. The molecule has 0 spiro atoms. The predicted molar refractivity (Wildman–Crippen MR) is 168 cm³/mol. The molecule has 0 aromatic carbocycles. The maximum absolute atomic E-state index is 11.4. The Bertz CT molecular complexity index is 977. The summed E-state index contributed by atoms with van der Waals surface area (Å²) in [6.07, 6.45) is -0.775. The van der Waals surface area contributed by atoms with E-state index in [0.717, 1.165) is 71.1 Å². The summed E-state index contributed by atoms with van der Waals surface area (Å²) in [6.45, 7) is 3.33. The Morgan fingerprint density at radius 1 is 0.667 bits per heavy atom. The normalized spacial score (nSPS) is 31.4. The molecule has 2 saturated heterocycles. The number of rotatable bonds is 22. The van der Waals surface area contributed by atoms with E-state index in [4.69, 9.17) is 33.5 Å². The summed E-state index contributed by atoms with van der Waals surface area (Å²) in [5.41, 5.74) is 0. The molecular formula is C33H56O15. The minimum atomic E-state index is -1.78. The highest BCUT2D eigenvalue weighted by molar-refractivity contribution is 5.66.